The van der Waals surface area contributed by atoms with E-state index in [1.54, 1.807) is 0 Å². The van der Waals surface area contributed by atoms with Crippen molar-refractivity contribution in [2.45, 2.75) is 46.1 Å². The van der Waals surface area contributed by atoms with E-state index in [9.17, 15) is 4.79 Å². The highest BCUT2D eigenvalue weighted by atomic mass is 16.2. The molecule has 4 nitrogen and oxygen atoms in total. The molecule has 2 fully saturated rings. The van der Waals surface area contributed by atoms with Crippen LogP contribution in [0.2, 0.25) is 0 Å². The van der Waals surface area contributed by atoms with Crippen LogP contribution < -0.4 is 5.32 Å². The van der Waals surface area contributed by atoms with Gasteiger partial charge in [-0.2, -0.15) is 0 Å². The summed E-state index contributed by atoms with van der Waals surface area (Å²) >= 11 is 0. The summed E-state index contributed by atoms with van der Waals surface area (Å²) in [6.07, 6.45) is 3.61. The van der Waals surface area contributed by atoms with Gasteiger partial charge in [0.05, 0.1) is 6.54 Å². The van der Waals surface area contributed by atoms with Gasteiger partial charge in [0, 0.05) is 24.5 Å². The van der Waals surface area contributed by atoms with Gasteiger partial charge in [-0.1, -0.05) is 13.8 Å². The molecule has 0 aromatic carbocycles. The van der Waals surface area contributed by atoms with E-state index in [-0.39, 0.29) is 5.91 Å². The third-order valence-corrected chi connectivity index (χ3v) is 4.98. The van der Waals surface area contributed by atoms with E-state index in [1.807, 2.05) is 4.90 Å². The van der Waals surface area contributed by atoms with Crippen molar-refractivity contribution >= 4 is 5.91 Å². The van der Waals surface area contributed by atoms with Crippen molar-refractivity contribution in [2.75, 3.05) is 39.3 Å². The van der Waals surface area contributed by atoms with Crippen LogP contribution in [0.5, 0.6) is 0 Å². The van der Waals surface area contributed by atoms with E-state index in [0.717, 1.165) is 26.1 Å². The van der Waals surface area contributed by atoms with Gasteiger partial charge >= 0.3 is 0 Å². The molecule has 1 N–H and O–H groups in total. The van der Waals surface area contributed by atoms with Gasteiger partial charge in [0.25, 0.3) is 0 Å². The summed E-state index contributed by atoms with van der Waals surface area (Å²) in [6, 6.07) is 0.437. The second kappa shape index (κ2) is 6.23. The van der Waals surface area contributed by atoms with Gasteiger partial charge in [0.15, 0.2) is 0 Å². The van der Waals surface area contributed by atoms with Crippen molar-refractivity contribution in [1.82, 2.24) is 15.1 Å². The zero-order valence-electron chi connectivity index (χ0n) is 12.7. The molecule has 1 spiro atoms. The minimum absolute atomic E-state index is 0.281. The highest BCUT2D eigenvalue weighted by molar-refractivity contribution is 5.79. The van der Waals surface area contributed by atoms with Crippen LogP contribution in [0.4, 0.5) is 0 Å². The Morgan fingerprint density at radius 1 is 1.26 bits per heavy atom. The molecule has 2 heterocycles. The molecule has 19 heavy (non-hydrogen) atoms. The summed E-state index contributed by atoms with van der Waals surface area (Å²) in [7, 11) is 0. The number of carbonyl (C=O) groups excluding carboxylic acids is 1. The van der Waals surface area contributed by atoms with E-state index >= 15 is 0 Å². The van der Waals surface area contributed by atoms with Crippen LogP contribution >= 0.6 is 0 Å². The fraction of sp³-hybridized carbons (Fsp3) is 0.933. The molecular formula is C15H29N3O. The second-order valence-electron chi connectivity index (χ2n) is 6.37. The molecule has 1 atom stereocenters. The molecule has 2 rings (SSSR count). The Bertz CT molecular complexity index is 303. The van der Waals surface area contributed by atoms with Crippen molar-refractivity contribution in [3.05, 3.63) is 0 Å². The monoisotopic (exact) mass is 267 g/mol. The Labute approximate surface area is 117 Å². The van der Waals surface area contributed by atoms with Crippen molar-refractivity contribution < 1.29 is 4.79 Å². The molecule has 0 aromatic heterocycles. The number of carbonyl (C=O) groups is 1. The first-order valence-electron chi connectivity index (χ1n) is 7.82. The summed E-state index contributed by atoms with van der Waals surface area (Å²) < 4.78 is 0. The van der Waals surface area contributed by atoms with Gasteiger partial charge < -0.3 is 15.1 Å². The fourth-order valence-electron chi connectivity index (χ4n) is 3.12. The fourth-order valence-corrected chi connectivity index (χ4v) is 3.12. The number of amides is 1. The first kappa shape index (κ1) is 14.8. The molecule has 0 aromatic rings. The van der Waals surface area contributed by atoms with E-state index in [2.05, 4.69) is 31.0 Å². The SMILES string of the molecule is CCC(C)NCC(=O)N1CC2(CCN(CC)CC2)C1. The number of nitrogens with one attached hydrogen (secondary N) is 1. The quantitative estimate of drug-likeness (QED) is 0.816. The smallest absolute Gasteiger partial charge is 0.236 e. The first-order valence-corrected chi connectivity index (χ1v) is 7.82. The normalized spacial score (nSPS) is 24.3. The molecule has 0 radical (unpaired) electrons. The van der Waals surface area contributed by atoms with E-state index in [1.165, 1.54) is 25.9 Å². The molecule has 1 amide bonds. The van der Waals surface area contributed by atoms with Crippen molar-refractivity contribution in [2.24, 2.45) is 5.41 Å². The summed E-state index contributed by atoms with van der Waals surface area (Å²) in [5.41, 5.74) is 0.456. The Kier molecular flexibility index (Phi) is 4.85. The van der Waals surface area contributed by atoms with Crippen LogP contribution in [0.3, 0.4) is 0 Å². The lowest BCUT2D eigenvalue weighted by Crippen LogP contribution is -2.63. The third-order valence-electron chi connectivity index (χ3n) is 4.98. The Morgan fingerprint density at radius 3 is 2.42 bits per heavy atom. The van der Waals surface area contributed by atoms with E-state index < -0.39 is 0 Å². The number of hydrogen-bond donors (Lipinski definition) is 1. The lowest BCUT2D eigenvalue weighted by molar-refractivity contribution is -0.145. The van der Waals surface area contributed by atoms with E-state index in [0.29, 0.717) is 18.0 Å². The molecule has 2 saturated heterocycles. The Morgan fingerprint density at radius 2 is 1.89 bits per heavy atom. The van der Waals surface area contributed by atoms with Crippen LogP contribution in [-0.2, 0) is 4.79 Å². The summed E-state index contributed by atoms with van der Waals surface area (Å²) in [6.45, 7) is 12.6. The minimum Gasteiger partial charge on any atom is -0.340 e. The Balaban J connectivity index is 1.69. The predicted molar refractivity (Wildman–Crippen MR) is 78.1 cm³/mol. The van der Waals surface area contributed by atoms with Gasteiger partial charge in [-0.3, -0.25) is 4.79 Å². The average molecular weight is 267 g/mol. The number of hydrogen-bond acceptors (Lipinski definition) is 3. The van der Waals surface area contributed by atoms with Crippen molar-refractivity contribution in [3.63, 3.8) is 0 Å². The second-order valence-corrected chi connectivity index (χ2v) is 6.37. The van der Waals surface area contributed by atoms with Crippen LogP contribution in [0.1, 0.15) is 40.0 Å². The van der Waals surface area contributed by atoms with Gasteiger partial charge in [-0.05, 0) is 45.8 Å². The van der Waals surface area contributed by atoms with Crippen LogP contribution in [0.25, 0.3) is 0 Å². The highest BCUT2D eigenvalue weighted by Gasteiger charge is 2.46. The third kappa shape index (κ3) is 3.48. The maximum absolute atomic E-state index is 12.0. The lowest BCUT2D eigenvalue weighted by Gasteiger charge is -2.54. The molecule has 0 saturated carbocycles. The summed E-state index contributed by atoms with van der Waals surface area (Å²) in [5.74, 6) is 0.281. The number of piperidine rings is 1. The summed E-state index contributed by atoms with van der Waals surface area (Å²) in [5, 5.41) is 3.29. The molecule has 0 bridgehead atoms. The zero-order valence-corrected chi connectivity index (χ0v) is 12.7. The standard InChI is InChI=1S/C15H29N3O/c1-4-13(3)16-10-14(19)18-11-15(12-18)6-8-17(5-2)9-7-15/h13,16H,4-12H2,1-3H3. The van der Waals surface area contributed by atoms with Gasteiger partial charge in [-0.25, -0.2) is 0 Å². The number of rotatable bonds is 5. The molecule has 0 aliphatic carbocycles. The molecule has 2 aliphatic heterocycles. The van der Waals surface area contributed by atoms with Crippen molar-refractivity contribution in [3.8, 4) is 0 Å². The Hall–Kier alpha value is -0.610. The van der Waals surface area contributed by atoms with Gasteiger partial charge in [0.2, 0.25) is 5.91 Å². The number of likely N-dealkylation sites (tertiary alicyclic amines) is 2. The maximum atomic E-state index is 12.0. The molecule has 1 unspecified atom stereocenters. The first-order chi connectivity index (χ1) is 9.08. The lowest BCUT2D eigenvalue weighted by atomic mass is 9.72. The average Bonchev–Trinajstić information content (AvgIpc) is 2.41. The van der Waals surface area contributed by atoms with Crippen LogP contribution in [0.15, 0.2) is 0 Å². The summed E-state index contributed by atoms with van der Waals surface area (Å²) in [4.78, 5) is 16.6. The van der Waals surface area contributed by atoms with Gasteiger partial charge in [-0.15, -0.1) is 0 Å². The number of nitrogens with zero attached hydrogens (tertiary/aromatic N) is 2. The molecule has 4 heteroatoms. The van der Waals surface area contributed by atoms with Crippen LogP contribution in [0, 0.1) is 5.41 Å². The van der Waals surface area contributed by atoms with Crippen molar-refractivity contribution in [1.29, 1.82) is 0 Å². The highest BCUT2D eigenvalue weighted by Crippen LogP contribution is 2.40. The molecule has 2 aliphatic rings. The van der Waals surface area contributed by atoms with E-state index in [4.69, 9.17) is 0 Å². The minimum atomic E-state index is 0.281. The molecule has 110 valence electrons. The van der Waals surface area contributed by atoms with Crippen LogP contribution in [-0.4, -0.2) is 61.0 Å². The predicted octanol–water partition coefficient (Wildman–Crippen LogP) is 1.32. The molecular weight excluding hydrogens is 238 g/mol. The largest absolute Gasteiger partial charge is 0.340 e. The maximum Gasteiger partial charge on any atom is 0.236 e. The van der Waals surface area contributed by atoms with Gasteiger partial charge in [0.1, 0.15) is 0 Å². The zero-order chi connectivity index (χ0) is 13.9. The topological polar surface area (TPSA) is 35.6 Å².